The number of hydrogen-bond donors (Lipinski definition) is 0. The van der Waals surface area contributed by atoms with E-state index in [0.29, 0.717) is 5.02 Å². The molecular weight excluding hydrogens is 282 g/mol. The van der Waals surface area contributed by atoms with Gasteiger partial charge in [0.1, 0.15) is 11.1 Å². The summed E-state index contributed by atoms with van der Waals surface area (Å²) in [7, 11) is 0. The largest absolute Gasteiger partial charge is 0.230 e. The van der Waals surface area contributed by atoms with Gasteiger partial charge in [-0.15, -0.1) is 0 Å². The molecule has 3 aromatic rings. The van der Waals surface area contributed by atoms with E-state index in [1.807, 2.05) is 67.6 Å². The Morgan fingerprint density at radius 3 is 2.33 bits per heavy atom. The Morgan fingerprint density at radius 2 is 1.71 bits per heavy atom. The molecule has 0 aliphatic rings. The number of aryl methyl sites for hydroxylation is 1. The van der Waals surface area contributed by atoms with Crippen LogP contribution in [-0.4, -0.2) is 9.78 Å². The number of nitrogens with zero attached hydrogens (tertiary/aromatic N) is 3. The maximum Gasteiger partial charge on any atom is 0.182 e. The van der Waals surface area contributed by atoms with Gasteiger partial charge in [-0.2, -0.15) is 10.4 Å². The lowest BCUT2D eigenvalue weighted by Gasteiger charge is -2.08. The minimum absolute atomic E-state index is 0.232. The summed E-state index contributed by atoms with van der Waals surface area (Å²) in [6.07, 6.45) is 0. The highest BCUT2D eigenvalue weighted by molar-refractivity contribution is 6.34. The van der Waals surface area contributed by atoms with E-state index >= 15 is 0 Å². The van der Waals surface area contributed by atoms with Crippen molar-refractivity contribution >= 4 is 11.6 Å². The molecule has 0 saturated carbocycles. The topological polar surface area (TPSA) is 41.6 Å². The van der Waals surface area contributed by atoms with Gasteiger partial charge in [0.25, 0.3) is 0 Å². The fourth-order valence-electron chi connectivity index (χ4n) is 2.19. The summed E-state index contributed by atoms with van der Waals surface area (Å²) in [5.74, 6) is 0. The van der Waals surface area contributed by atoms with Gasteiger partial charge >= 0.3 is 0 Å². The van der Waals surface area contributed by atoms with Crippen molar-refractivity contribution in [1.82, 2.24) is 9.78 Å². The highest BCUT2D eigenvalue weighted by Crippen LogP contribution is 2.32. The normalized spacial score (nSPS) is 10.3. The Bertz CT molecular complexity index is 812. The number of benzene rings is 2. The smallest absolute Gasteiger partial charge is 0.182 e. The van der Waals surface area contributed by atoms with Crippen molar-refractivity contribution in [1.29, 1.82) is 5.26 Å². The number of para-hydroxylation sites is 1. The van der Waals surface area contributed by atoms with Gasteiger partial charge in [-0.1, -0.05) is 59.6 Å². The maximum absolute atomic E-state index is 9.18. The minimum Gasteiger partial charge on any atom is -0.230 e. The van der Waals surface area contributed by atoms with E-state index in [1.165, 1.54) is 5.56 Å². The molecule has 4 heteroatoms. The predicted molar refractivity (Wildman–Crippen MR) is 83.5 cm³/mol. The molecule has 0 amide bonds. The molecule has 0 radical (unpaired) electrons. The fourth-order valence-corrected chi connectivity index (χ4v) is 2.46. The van der Waals surface area contributed by atoms with E-state index in [1.54, 1.807) is 4.68 Å². The lowest BCUT2D eigenvalue weighted by molar-refractivity contribution is 0.880. The van der Waals surface area contributed by atoms with Crippen LogP contribution >= 0.6 is 11.6 Å². The Labute approximate surface area is 128 Å². The summed E-state index contributed by atoms with van der Waals surface area (Å²) in [6.45, 7) is 2.03. The third-order valence-corrected chi connectivity index (χ3v) is 3.62. The molecule has 0 unspecified atom stereocenters. The Kier molecular flexibility index (Phi) is 3.47. The molecule has 0 aliphatic heterocycles. The number of nitriles is 1. The van der Waals surface area contributed by atoms with Crippen molar-refractivity contribution in [2.45, 2.75) is 6.92 Å². The van der Waals surface area contributed by atoms with E-state index < -0.39 is 0 Å². The van der Waals surface area contributed by atoms with Gasteiger partial charge in [-0.25, -0.2) is 4.68 Å². The standard InChI is InChI=1S/C17H12ClN3/c1-12-7-9-13(10-8-12)17-16(18)15(11-19)20-21(17)14-5-3-2-4-6-14/h2-10H,1H3. The predicted octanol–water partition coefficient (Wildman–Crippen LogP) is 4.37. The van der Waals surface area contributed by atoms with Crippen LogP contribution < -0.4 is 0 Å². The van der Waals surface area contributed by atoms with Gasteiger partial charge in [0, 0.05) is 5.56 Å². The quantitative estimate of drug-likeness (QED) is 0.704. The minimum atomic E-state index is 0.232. The Balaban J connectivity index is 2.26. The van der Waals surface area contributed by atoms with Crippen LogP contribution in [0.15, 0.2) is 54.6 Å². The number of rotatable bonds is 2. The SMILES string of the molecule is Cc1ccc(-c2c(Cl)c(C#N)nn2-c2ccccc2)cc1. The maximum atomic E-state index is 9.18. The van der Waals surface area contributed by atoms with Gasteiger partial charge in [-0.05, 0) is 19.1 Å². The van der Waals surface area contributed by atoms with Crippen molar-refractivity contribution in [2.24, 2.45) is 0 Å². The van der Waals surface area contributed by atoms with Crippen molar-refractivity contribution < 1.29 is 0 Å². The molecule has 1 aromatic heterocycles. The van der Waals surface area contributed by atoms with E-state index in [2.05, 4.69) is 5.10 Å². The summed E-state index contributed by atoms with van der Waals surface area (Å²) < 4.78 is 1.71. The van der Waals surface area contributed by atoms with Gasteiger partial charge in [0.2, 0.25) is 0 Å². The van der Waals surface area contributed by atoms with Crippen molar-refractivity contribution in [3.05, 3.63) is 70.9 Å². The van der Waals surface area contributed by atoms with Crippen molar-refractivity contribution in [3.8, 4) is 23.0 Å². The lowest BCUT2D eigenvalue weighted by atomic mass is 10.1. The van der Waals surface area contributed by atoms with Crippen LogP contribution in [0, 0.1) is 18.3 Å². The summed E-state index contributed by atoms with van der Waals surface area (Å²) >= 11 is 6.35. The first-order valence-corrected chi connectivity index (χ1v) is 6.89. The molecule has 0 N–H and O–H groups in total. The summed E-state index contributed by atoms with van der Waals surface area (Å²) in [4.78, 5) is 0. The second-order valence-corrected chi connectivity index (χ2v) is 5.11. The number of hydrogen-bond acceptors (Lipinski definition) is 2. The van der Waals surface area contributed by atoms with Gasteiger partial charge < -0.3 is 0 Å². The zero-order valence-electron chi connectivity index (χ0n) is 11.4. The van der Waals surface area contributed by atoms with Crippen LogP contribution in [0.5, 0.6) is 0 Å². The zero-order valence-corrected chi connectivity index (χ0v) is 12.2. The number of halogens is 1. The van der Waals surface area contributed by atoms with Gasteiger partial charge in [0.05, 0.1) is 11.4 Å². The van der Waals surface area contributed by atoms with Crippen LogP contribution in [0.2, 0.25) is 5.02 Å². The molecule has 102 valence electrons. The summed E-state index contributed by atoms with van der Waals surface area (Å²) in [6, 6.07) is 19.7. The van der Waals surface area contributed by atoms with E-state index in [4.69, 9.17) is 11.6 Å². The average molecular weight is 294 g/mol. The lowest BCUT2D eigenvalue weighted by Crippen LogP contribution is -1.99. The molecule has 0 atom stereocenters. The van der Waals surface area contributed by atoms with Crippen LogP contribution in [0.1, 0.15) is 11.3 Å². The van der Waals surface area contributed by atoms with Crippen LogP contribution in [0.4, 0.5) is 0 Å². The highest BCUT2D eigenvalue weighted by Gasteiger charge is 2.18. The molecule has 1 heterocycles. The molecule has 3 rings (SSSR count). The molecule has 21 heavy (non-hydrogen) atoms. The number of aromatic nitrogens is 2. The monoisotopic (exact) mass is 293 g/mol. The van der Waals surface area contributed by atoms with Crippen LogP contribution in [0.3, 0.4) is 0 Å². The summed E-state index contributed by atoms with van der Waals surface area (Å²) in [5, 5.41) is 13.9. The second-order valence-electron chi connectivity index (χ2n) is 4.74. The van der Waals surface area contributed by atoms with E-state index in [9.17, 15) is 5.26 Å². The fraction of sp³-hybridized carbons (Fsp3) is 0.0588. The molecule has 2 aromatic carbocycles. The first kappa shape index (κ1) is 13.4. The molecule has 0 fully saturated rings. The summed E-state index contributed by atoms with van der Waals surface area (Å²) in [5.41, 5.74) is 3.94. The zero-order chi connectivity index (χ0) is 14.8. The van der Waals surface area contributed by atoms with Crippen LogP contribution in [0.25, 0.3) is 16.9 Å². The molecule has 0 spiro atoms. The Morgan fingerprint density at radius 1 is 1.05 bits per heavy atom. The highest BCUT2D eigenvalue weighted by atomic mass is 35.5. The van der Waals surface area contributed by atoms with E-state index in [-0.39, 0.29) is 5.69 Å². The molecule has 0 bridgehead atoms. The first-order valence-electron chi connectivity index (χ1n) is 6.52. The third kappa shape index (κ3) is 2.42. The third-order valence-electron chi connectivity index (χ3n) is 3.26. The van der Waals surface area contributed by atoms with Crippen molar-refractivity contribution in [2.75, 3.05) is 0 Å². The van der Waals surface area contributed by atoms with Crippen molar-refractivity contribution in [3.63, 3.8) is 0 Å². The van der Waals surface area contributed by atoms with Gasteiger partial charge in [0.15, 0.2) is 5.69 Å². The van der Waals surface area contributed by atoms with Gasteiger partial charge in [-0.3, -0.25) is 0 Å². The average Bonchev–Trinajstić information content (AvgIpc) is 2.86. The van der Waals surface area contributed by atoms with Crippen LogP contribution in [-0.2, 0) is 0 Å². The Hall–Kier alpha value is -2.57. The molecule has 0 saturated heterocycles. The molecule has 0 aliphatic carbocycles. The second kappa shape index (κ2) is 5.43. The molecular formula is C17H12ClN3. The molecule has 3 nitrogen and oxygen atoms in total. The van der Waals surface area contributed by atoms with E-state index in [0.717, 1.165) is 16.9 Å². The first-order chi connectivity index (χ1) is 10.2.